The molecule has 0 aromatic rings. The SMILES string of the molecule is CCNC(=NCC(C)N(CC)CC)N1CCCC(C(=O)OCC)C1. The molecule has 0 aromatic heterocycles. The molecule has 0 spiro atoms. The van der Waals surface area contributed by atoms with E-state index in [1.54, 1.807) is 0 Å². The van der Waals surface area contributed by atoms with Gasteiger partial charge in [0.1, 0.15) is 0 Å². The first kappa shape index (κ1) is 20.7. The molecule has 1 aliphatic rings. The fraction of sp³-hybridized carbons (Fsp3) is 0.889. The van der Waals surface area contributed by atoms with Crippen LogP contribution in [0.25, 0.3) is 0 Å². The van der Waals surface area contributed by atoms with Crippen molar-refractivity contribution in [2.24, 2.45) is 10.9 Å². The van der Waals surface area contributed by atoms with Crippen LogP contribution >= 0.6 is 0 Å². The molecule has 6 nitrogen and oxygen atoms in total. The van der Waals surface area contributed by atoms with Crippen molar-refractivity contribution in [3.8, 4) is 0 Å². The van der Waals surface area contributed by atoms with E-state index >= 15 is 0 Å². The van der Waals surface area contributed by atoms with E-state index < -0.39 is 0 Å². The molecular weight excluding hydrogens is 304 g/mol. The van der Waals surface area contributed by atoms with Crippen molar-refractivity contribution in [1.29, 1.82) is 0 Å². The minimum Gasteiger partial charge on any atom is -0.466 e. The fourth-order valence-electron chi connectivity index (χ4n) is 3.23. The number of hydrogen-bond acceptors (Lipinski definition) is 4. The lowest BCUT2D eigenvalue weighted by Crippen LogP contribution is -2.48. The molecule has 24 heavy (non-hydrogen) atoms. The predicted molar refractivity (Wildman–Crippen MR) is 99.3 cm³/mol. The number of nitrogens with one attached hydrogen (secondary N) is 1. The van der Waals surface area contributed by atoms with Gasteiger partial charge in [0.25, 0.3) is 0 Å². The van der Waals surface area contributed by atoms with E-state index in [1.807, 2.05) is 6.92 Å². The number of hydrogen-bond donors (Lipinski definition) is 1. The number of guanidine groups is 1. The zero-order chi connectivity index (χ0) is 17.9. The number of aliphatic imine (C=N–C) groups is 1. The van der Waals surface area contributed by atoms with Crippen LogP contribution in [0.3, 0.4) is 0 Å². The maximum Gasteiger partial charge on any atom is 0.310 e. The second kappa shape index (κ2) is 11.3. The Labute approximate surface area is 147 Å². The maximum atomic E-state index is 12.0. The molecular formula is C18H36N4O2. The van der Waals surface area contributed by atoms with Gasteiger partial charge in [0.15, 0.2) is 5.96 Å². The second-order valence-corrected chi connectivity index (χ2v) is 6.30. The summed E-state index contributed by atoms with van der Waals surface area (Å²) in [5.74, 6) is 0.808. The first-order valence-corrected chi connectivity index (χ1v) is 9.51. The van der Waals surface area contributed by atoms with Crippen LogP contribution in [0.5, 0.6) is 0 Å². The molecule has 0 aliphatic carbocycles. The Balaban J connectivity index is 2.71. The topological polar surface area (TPSA) is 57.2 Å². The molecule has 0 saturated carbocycles. The van der Waals surface area contributed by atoms with Crippen molar-refractivity contribution >= 4 is 11.9 Å². The van der Waals surface area contributed by atoms with Crippen LogP contribution in [0.1, 0.15) is 47.5 Å². The highest BCUT2D eigenvalue weighted by Crippen LogP contribution is 2.18. The molecule has 1 rings (SSSR count). The van der Waals surface area contributed by atoms with Crippen molar-refractivity contribution in [3.05, 3.63) is 0 Å². The average Bonchev–Trinajstić information content (AvgIpc) is 2.60. The standard InChI is InChI=1S/C18H36N4O2/c1-6-19-18(20-13-15(5)21(7-2)8-3)22-12-10-11-16(14-22)17(23)24-9-4/h15-16H,6-14H2,1-5H3,(H,19,20). The van der Waals surface area contributed by atoms with Gasteiger partial charge in [-0.1, -0.05) is 13.8 Å². The van der Waals surface area contributed by atoms with E-state index in [0.29, 0.717) is 19.2 Å². The van der Waals surface area contributed by atoms with Crippen molar-refractivity contribution in [1.82, 2.24) is 15.1 Å². The van der Waals surface area contributed by atoms with Gasteiger partial charge < -0.3 is 15.0 Å². The molecule has 2 unspecified atom stereocenters. The molecule has 0 aromatic carbocycles. The molecule has 1 fully saturated rings. The number of piperidine rings is 1. The Bertz CT molecular complexity index is 396. The van der Waals surface area contributed by atoms with Crippen LogP contribution in [0, 0.1) is 5.92 Å². The zero-order valence-electron chi connectivity index (χ0n) is 16.2. The lowest BCUT2D eigenvalue weighted by molar-refractivity contribution is -0.149. The third kappa shape index (κ3) is 6.30. The molecule has 6 heteroatoms. The number of rotatable bonds is 8. The molecule has 1 aliphatic heterocycles. The first-order chi connectivity index (χ1) is 11.6. The minimum atomic E-state index is -0.0745. The molecule has 0 amide bonds. The summed E-state index contributed by atoms with van der Waals surface area (Å²) in [6, 6.07) is 0.416. The number of nitrogens with zero attached hydrogens (tertiary/aromatic N) is 3. The molecule has 0 radical (unpaired) electrons. The molecule has 1 heterocycles. The molecule has 0 bridgehead atoms. The maximum absolute atomic E-state index is 12.0. The Morgan fingerprint density at radius 3 is 2.62 bits per heavy atom. The van der Waals surface area contributed by atoms with Crippen molar-refractivity contribution < 1.29 is 9.53 Å². The highest BCUT2D eigenvalue weighted by molar-refractivity contribution is 5.81. The third-order valence-corrected chi connectivity index (χ3v) is 4.62. The van der Waals surface area contributed by atoms with E-state index in [4.69, 9.17) is 9.73 Å². The van der Waals surface area contributed by atoms with Crippen molar-refractivity contribution in [2.75, 3.05) is 45.9 Å². The Morgan fingerprint density at radius 1 is 1.33 bits per heavy atom. The Morgan fingerprint density at radius 2 is 2.04 bits per heavy atom. The zero-order valence-corrected chi connectivity index (χ0v) is 16.2. The van der Waals surface area contributed by atoms with Gasteiger partial charge in [0.05, 0.1) is 19.1 Å². The van der Waals surface area contributed by atoms with Crippen LogP contribution in [0.15, 0.2) is 4.99 Å². The number of carbonyl (C=O) groups excluding carboxylic acids is 1. The van der Waals surface area contributed by atoms with E-state index in [1.165, 1.54) is 0 Å². The lowest BCUT2D eigenvalue weighted by Gasteiger charge is -2.34. The van der Waals surface area contributed by atoms with Gasteiger partial charge in [-0.15, -0.1) is 0 Å². The fourth-order valence-corrected chi connectivity index (χ4v) is 3.23. The van der Waals surface area contributed by atoms with Gasteiger partial charge >= 0.3 is 5.97 Å². The second-order valence-electron chi connectivity index (χ2n) is 6.30. The lowest BCUT2D eigenvalue weighted by atomic mass is 9.98. The average molecular weight is 341 g/mol. The first-order valence-electron chi connectivity index (χ1n) is 9.51. The normalized spacial score (nSPS) is 20.2. The molecule has 140 valence electrons. The number of carbonyl (C=O) groups is 1. The number of likely N-dealkylation sites (N-methyl/N-ethyl adjacent to an activating group) is 1. The van der Waals surface area contributed by atoms with Gasteiger partial charge in [0, 0.05) is 25.7 Å². The summed E-state index contributed by atoms with van der Waals surface area (Å²) in [4.78, 5) is 21.5. The van der Waals surface area contributed by atoms with E-state index in [9.17, 15) is 4.79 Å². The number of ether oxygens (including phenoxy) is 1. The van der Waals surface area contributed by atoms with Gasteiger partial charge in [-0.2, -0.15) is 0 Å². The monoisotopic (exact) mass is 340 g/mol. The summed E-state index contributed by atoms with van der Waals surface area (Å²) in [5, 5.41) is 3.38. The van der Waals surface area contributed by atoms with Gasteiger partial charge in [-0.05, 0) is 46.7 Å². The van der Waals surface area contributed by atoms with Gasteiger partial charge in [-0.3, -0.25) is 14.7 Å². The molecule has 2 atom stereocenters. The van der Waals surface area contributed by atoms with Gasteiger partial charge in [0.2, 0.25) is 0 Å². The van der Waals surface area contributed by atoms with Crippen LogP contribution in [-0.4, -0.2) is 73.6 Å². The smallest absolute Gasteiger partial charge is 0.310 e. The minimum absolute atomic E-state index is 0.0391. The van der Waals surface area contributed by atoms with Crippen molar-refractivity contribution in [3.63, 3.8) is 0 Å². The van der Waals surface area contributed by atoms with E-state index in [0.717, 1.165) is 51.5 Å². The van der Waals surface area contributed by atoms with Crippen LogP contribution in [0.4, 0.5) is 0 Å². The third-order valence-electron chi connectivity index (χ3n) is 4.62. The summed E-state index contributed by atoms with van der Waals surface area (Å²) in [5.41, 5.74) is 0. The summed E-state index contributed by atoms with van der Waals surface area (Å²) in [6.45, 7) is 16.3. The number of esters is 1. The summed E-state index contributed by atoms with van der Waals surface area (Å²) < 4.78 is 5.20. The molecule has 1 N–H and O–H groups in total. The van der Waals surface area contributed by atoms with Crippen LogP contribution in [0.2, 0.25) is 0 Å². The van der Waals surface area contributed by atoms with Gasteiger partial charge in [-0.25, -0.2) is 0 Å². The Hall–Kier alpha value is -1.30. The predicted octanol–water partition coefficient (Wildman–Crippen LogP) is 1.96. The van der Waals surface area contributed by atoms with Crippen molar-refractivity contribution in [2.45, 2.75) is 53.5 Å². The largest absolute Gasteiger partial charge is 0.466 e. The summed E-state index contributed by atoms with van der Waals surface area (Å²) in [6.07, 6.45) is 1.91. The quantitative estimate of drug-likeness (QED) is 0.416. The highest BCUT2D eigenvalue weighted by Gasteiger charge is 2.28. The summed E-state index contributed by atoms with van der Waals surface area (Å²) >= 11 is 0. The summed E-state index contributed by atoms with van der Waals surface area (Å²) in [7, 11) is 0. The van der Waals surface area contributed by atoms with Crippen LogP contribution < -0.4 is 5.32 Å². The highest BCUT2D eigenvalue weighted by atomic mass is 16.5. The van der Waals surface area contributed by atoms with E-state index in [2.05, 4.69) is 42.8 Å². The Kier molecular flexibility index (Phi) is 9.76. The van der Waals surface area contributed by atoms with E-state index in [-0.39, 0.29) is 11.9 Å². The number of likely N-dealkylation sites (tertiary alicyclic amines) is 1. The van der Waals surface area contributed by atoms with Crippen LogP contribution in [-0.2, 0) is 9.53 Å². The molecule has 1 saturated heterocycles.